The van der Waals surface area contributed by atoms with Crippen molar-refractivity contribution in [2.24, 2.45) is 5.73 Å². The van der Waals surface area contributed by atoms with Gasteiger partial charge in [-0.2, -0.15) is 0 Å². The molecule has 0 aliphatic carbocycles. The second kappa shape index (κ2) is 7.07. The molecule has 4 nitrogen and oxygen atoms in total. The largest absolute Gasteiger partial charge is 0.492 e. The molecule has 2 rings (SSSR count). The summed E-state index contributed by atoms with van der Waals surface area (Å²) in [6.45, 7) is 5.69. The second-order valence-corrected chi connectivity index (χ2v) is 6.00. The number of hydrogen-bond donors (Lipinski definition) is 2. The van der Waals surface area contributed by atoms with Gasteiger partial charge >= 0.3 is 0 Å². The van der Waals surface area contributed by atoms with Gasteiger partial charge in [0.25, 0.3) is 0 Å². The molecule has 1 aliphatic rings. The molecule has 0 saturated carbocycles. The van der Waals surface area contributed by atoms with Crippen LogP contribution in [0, 0.1) is 0 Å². The SMILES string of the molecule is CC(N)(CO)CCCCN1CCOc2ccccc2C1. The molecule has 112 valence electrons. The molecular weight excluding hydrogens is 252 g/mol. The Balaban J connectivity index is 1.77. The summed E-state index contributed by atoms with van der Waals surface area (Å²) in [5, 5.41) is 9.14. The number of ether oxygens (including phenoxy) is 1. The number of aliphatic hydroxyl groups excluding tert-OH is 1. The average Bonchev–Trinajstić information content (AvgIpc) is 2.65. The molecule has 0 bridgehead atoms. The smallest absolute Gasteiger partial charge is 0.123 e. The Morgan fingerprint density at radius 1 is 1.35 bits per heavy atom. The molecule has 0 amide bonds. The quantitative estimate of drug-likeness (QED) is 0.779. The first-order chi connectivity index (χ1) is 9.61. The van der Waals surface area contributed by atoms with Crippen LogP contribution in [0.1, 0.15) is 31.7 Å². The maximum absolute atomic E-state index is 9.14. The minimum absolute atomic E-state index is 0.0535. The third-order valence-corrected chi connectivity index (χ3v) is 3.87. The summed E-state index contributed by atoms with van der Waals surface area (Å²) in [5.74, 6) is 1.02. The molecule has 1 aliphatic heterocycles. The number of fused-ring (bicyclic) bond motifs is 1. The molecule has 1 aromatic carbocycles. The molecule has 0 fully saturated rings. The van der Waals surface area contributed by atoms with Crippen molar-refractivity contribution >= 4 is 0 Å². The van der Waals surface area contributed by atoms with Crippen molar-refractivity contribution in [2.75, 3.05) is 26.3 Å². The van der Waals surface area contributed by atoms with E-state index in [1.165, 1.54) is 5.56 Å². The second-order valence-electron chi connectivity index (χ2n) is 6.00. The van der Waals surface area contributed by atoms with E-state index in [2.05, 4.69) is 17.0 Å². The van der Waals surface area contributed by atoms with Gasteiger partial charge in [-0.1, -0.05) is 24.6 Å². The molecule has 1 atom stereocenters. The van der Waals surface area contributed by atoms with E-state index >= 15 is 0 Å². The molecule has 0 spiro atoms. The number of benzene rings is 1. The molecule has 3 N–H and O–H groups in total. The summed E-state index contributed by atoms with van der Waals surface area (Å²) in [5.41, 5.74) is 6.77. The molecular formula is C16H26N2O2. The lowest BCUT2D eigenvalue weighted by molar-refractivity contribution is 0.190. The fourth-order valence-electron chi connectivity index (χ4n) is 2.51. The Bertz CT molecular complexity index is 421. The van der Waals surface area contributed by atoms with E-state index in [9.17, 15) is 0 Å². The lowest BCUT2D eigenvalue weighted by Crippen LogP contribution is -2.40. The lowest BCUT2D eigenvalue weighted by Gasteiger charge is -2.23. The zero-order valence-electron chi connectivity index (χ0n) is 12.3. The van der Waals surface area contributed by atoms with E-state index < -0.39 is 5.54 Å². The highest BCUT2D eigenvalue weighted by Crippen LogP contribution is 2.22. The summed E-state index contributed by atoms with van der Waals surface area (Å²) in [4.78, 5) is 2.43. The first-order valence-electron chi connectivity index (χ1n) is 7.43. The maximum Gasteiger partial charge on any atom is 0.123 e. The van der Waals surface area contributed by atoms with Crippen molar-refractivity contribution < 1.29 is 9.84 Å². The van der Waals surface area contributed by atoms with Gasteiger partial charge in [-0.3, -0.25) is 4.90 Å². The summed E-state index contributed by atoms with van der Waals surface area (Å²) in [6, 6.07) is 8.26. The van der Waals surface area contributed by atoms with Crippen molar-refractivity contribution in [2.45, 2.75) is 38.3 Å². The van der Waals surface area contributed by atoms with E-state index in [0.717, 1.165) is 51.3 Å². The predicted octanol–water partition coefficient (Wildman–Crippen LogP) is 1.76. The zero-order valence-corrected chi connectivity index (χ0v) is 12.3. The van der Waals surface area contributed by atoms with Crippen molar-refractivity contribution in [1.29, 1.82) is 0 Å². The normalized spacial score (nSPS) is 18.8. The maximum atomic E-state index is 9.14. The van der Waals surface area contributed by atoms with Gasteiger partial charge in [-0.15, -0.1) is 0 Å². The summed E-state index contributed by atoms with van der Waals surface area (Å²) in [7, 11) is 0. The topological polar surface area (TPSA) is 58.7 Å². The van der Waals surface area contributed by atoms with Crippen LogP contribution < -0.4 is 10.5 Å². The first kappa shape index (κ1) is 15.3. The van der Waals surface area contributed by atoms with Gasteiger partial charge in [-0.05, 0) is 32.4 Å². The van der Waals surface area contributed by atoms with Crippen LogP contribution >= 0.6 is 0 Å². The van der Waals surface area contributed by atoms with Gasteiger partial charge < -0.3 is 15.6 Å². The zero-order chi connectivity index (χ0) is 14.4. The van der Waals surface area contributed by atoms with Crippen LogP contribution in [0.3, 0.4) is 0 Å². The predicted molar refractivity (Wildman–Crippen MR) is 80.7 cm³/mol. The number of nitrogens with zero attached hydrogens (tertiary/aromatic N) is 1. The molecule has 0 aromatic heterocycles. The highest BCUT2D eigenvalue weighted by molar-refractivity contribution is 5.33. The average molecular weight is 278 g/mol. The number of aliphatic hydroxyl groups is 1. The summed E-state index contributed by atoms with van der Waals surface area (Å²) >= 11 is 0. The van der Waals surface area contributed by atoms with Crippen LogP contribution in [0.25, 0.3) is 0 Å². The standard InChI is InChI=1S/C16H26N2O2/c1-16(17,13-19)8-4-5-9-18-10-11-20-15-7-3-2-6-14(15)12-18/h2-3,6-7,19H,4-5,8-13,17H2,1H3. The molecule has 0 saturated heterocycles. The molecule has 1 aromatic rings. The minimum Gasteiger partial charge on any atom is -0.492 e. The molecule has 0 radical (unpaired) electrons. The summed E-state index contributed by atoms with van der Waals surface area (Å²) < 4.78 is 5.76. The number of rotatable bonds is 6. The van der Waals surface area contributed by atoms with Crippen molar-refractivity contribution in [3.63, 3.8) is 0 Å². The number of nitrogens with two attached hydrogens (primary N) is 1. The Labute approximate surface area is 121 Å². The Hall–Kier alpha value is -1.10. The lowest BCUT2D eigenvalue weighted by atomic mass is 9.97. The van der Waals surface area contributed by atoms with Crippen LogP contribution in [0.5, 0.6) is 5.75 Å². The number of unbranched alkanes of at least 4 members (excludes halogenated alkanes) is 1. The molecule has 20 heavy (non-hydrogen) atoms. The minimum atomic E-state index is -0.436. The van der Waals surface area contributed by atoms with E-state index in [1.54, 1.807) is 0 Å². The van der Waals surface area contributed by atoms with Crippen LogP contribution in [0.4, 0.5) is 0 Å². The van der Waals surface area contributed by atoms with Gasteiger partial charge in [0, 0.05) is 24.2 Å². The van der Waals surface area contributed by atoms with E-state index in [0.29, 0.717) is 0 Å². The molecule has 1 heterocycles. The highest BCUT2D eigenvalue weighted by Gasteiger charge is 2.17. The third kappa shape index (κ3) is 4.47. The van der Waals surface area contributed by atoms with Crippen LogP contribution in [0.2, 0.25) is 0 Å². The third-order valence-electron chi connectivity index (χ3n) is 3.87. The number of para-hydroxylation sites is 1. The number of hydrogen-bond acceptors (Lipinski definition) is 4. The van der Waals surface area contributed by atoms with Gasteiger partial charge in [0.15, 0.2) is 0 Å². The van der Waals surface area contributed by atoms with Crippen molar-refractivity contribution in [3.05, 3.63) is 29.8 Å². The van der Waals surface area contributed by atoms with E-state index in [-0.39, 0.29) is 6.61 Å². The fraction of sp³-hybridized carbons (Fsp3) is 0.625. The van der Waals surface area contributed by atoms with E-state index in [4.69, 9.17) is 15.6 Å². The van der Waals surface area contributed by atoms with Crippen molar-refractivity contribution in [1.82, 2.24) is 4.90 Å². The molecule has 1 unspecified atom stereocenters. The fourth-order valence-corrected chi connectivity index (χ4v) is 2.51. The van der Waals surface area contributed by atoms with Crippen LogP contribution in [-0.2, 0) is 6.54 Å². The van der Waals surface area contributed by atoms with Crippen molar-refractivity contribution in [3.8, 4) is 5.75 Å². The Morgan fingerprint density at radius 2 is 2.15 bits per heavy atom. The van der Waals surface area contributed by atoms with Gasteiger partial charge in [0.2, 0.25) is 0 Å². The highest BCUT2D eigenvalue weighted by atomic mass is 16.5. The Kier molecular flexibility index (Phi) is 5.40. The Morgan fingerprint density at radius 3 is 2.95 bits per heavy atom. The monoisotopic (exact) mass is 278 g/mol. The summed E-state index contributed by atoms with van der Waals surface area (Å²) in [6.07, 6.45) is 3.02. The van der Waals surface area contributed by atoms with Gasteiger partial charge in [-0.25, -0.2) is 0 Å². The first-order valence-corrected chi connectivity index (χ1v) is 7.43. The van der Waals surface area contributed by atoms with Gasteiger partial charge in [0.1, 0.15) is 12.4 Å². The van der Waals surface area contributed by atoms with Crippen LogP contribution in [0.15, 0.2) is 24.3 Å². The van der Waals surface area contributed by atoms with Gasteiger partial charge in [0.05, 0.1) is 6.61 Å². The molecule has 4 heteroatoms. The van der Waals surface area contributed by atoms with Crippen LogP contribution in [-0.4, -0.2) is 41.8 Å². The van der Waals surface area contributed by atoms with E-state index in [1.807, 2.05) is 19.1 Å².